The average molecular weight is 442 g/mol. The molecular formula is C20H31N3O6S. The molecule has 1 aliphatic heterocycles. The zero-order valence-corrected chi connectivity index (χ0v) is 18.6. The monoisotopic (exact) mass is 441 g/mol. The van der Waals surface area contributed by atoms with Crippen molar-refractivity contribution in [1.29, 1.82) is 0 Å². The highest BCUT2D eigenvalue weighted by molar-refractivity contribution is 7.90. The van der Waals surface area contributed by atoms with E-state index in [0.717, 1.165) is 11.9 Å². The second kappa shape index (κ2) is 9.76. The third-order valence-corrected chi connectivity index (χ3v) is 6.47. The van der Waals surface area contributed by atoms with E-state index < -0.39 is 27.8 Å². The summed E-state index contributed by atoms with van der Waals surface area (Å²) < 4.78 is 23.3. The molecule has 1 aliphatic rings. The van der Waals surface area contributed by atoms with Crippen molar-refractivity contribution in [2.45, 2.75) is 44.2 Å². The molecule has 0 spiro atoms. The van der Waals surface area contributed by atoms with E-state index >= 15 is 0 Å². The van der Waals surface area contributed by atoms with Crippen molar-refractivity contribution >= 4 is 27.3 Å². The molecule has 0 aliphatic carbocycles. The van der Waals surface area contributed by atoms with Crippen LogP contribution in [-0.2, 0) is 19.4 Å². The Bertz CT molecular complexity index is 856. The van der Waals surface area contributed by atoms with E-state index in [-0.39, 0.29) is 22.8 Å². The van der Waals surface area contributed by atoms with Gasteiger partial charge in [0.15, 0.2) is 9.84 Å². The fraction of sp³-hybridized carbons (Fsp3) is 0.600. The fourth-order valence-electron chi connectivity index (χ4n) is 3.76. The van der Waals surface area contributed by atoms with Crippen LogP contribution in [0.1, 0.15) is 27.2 Å². The van der Waals surface area contributed by atoms with Crippen molar-refractivity contribution in [3.8, 4) is 0 Å². The Labute approximate surface area is 177 Å². The Balaban J connectivity index is 2.12. The summed E-state index contributed by atoms with van der Waals surface area (Å²) in [6, 6.07) is 6.44. The lowest BCUT2D eigenvalue weighted by Crippen LogP contribution is -2.57. The first kappa shape index (κ1) is 24.1. The quantitative estimate of drug-likeness (QED) is 0.419. The van der Waals surface area contributed by atoms with Gasteiger partial charge in [-0.1, -0.05) is 13.8 Å². The van der Waals surface area contributed by atoms with Gasteiger partial charge in [0.1, 0.15) is 6.10 Å². The highest BCUT2D eigenvalue weighted by Gasteiger charge is 2.38. The van der Waals surface area contributed by atoms with Crippen LogP contribution < -0.4 is 10.4 Å². The molecular weight excluding hydrogens is 410 g/mol. The molecule has 0 radical (unpaired) electrons. The average Bonchev–Trinajstić information content (AvgIpc) is 2.69. The minimum absolute atomic E-state index is 0.0741. The van der Waals surface area contributed by atoms with Crippen LogP contribution in [0.15, 0.2) is 29.2 Å². The second-order valence-corrected chi connectivity index (χ2v) is 10.3. The van der Waals surface area contributed by atoms with Gasteiger partial charge in [-0.25, -0.2) is 13.9 Å². The van der Waals surface area contributed by atoms with E-state index in [0.29, 0.717) is 26.1 Å². The summed E-state index contributed by atoms with van der Waals surface area (Å²) in [6.07, 6.45) is -0.153. The molecule has 30 heavy (non-hydrogen) atoms. The summed E-state index contributed by atoms with van der Waals surface area (Å²) in [5.41, 5.74) is 2.28. The molecule has 0 saturated carbocycles. The Hall–Kier alpha value is -2.17. The molecule has 9 nitrogen and oxygen atoms in total. The molecule has 2 amide bonds. The predicted octanol–water partition coefficient (Wildman–Crippen LogP) is 0.656. The van der Waals surface area contributed by atoms with Gasteiger partial charge in [-0.05, 0) is 43.5 Å². The van der Waals surface area contributed by atoms with E-state index in [4.69, 9.17) is 5.21 Å². The van der Waals surface area contributed by atoms with Crippen LogP contribution in [-0.4, -0.2) is 73.5 Å². The number of benzene rings is 1. The predicted molar refractivity (Wildman–Crippen MR) is 112 cm³/mol. The topological polar surface area (TPSA) is 127 Å². The number of nitrogens with one attached hydrogen (secondary N) is 1. The molecule has 3 N–H and O–H groups in total. The standard InChI is InChI=1S/C20H31N3O6S/c1-13(2)11-17(18(24)19(25)21-27)20(26)23-10-9-22(12-14(23)3)15-5-7-16(8-6-15)30(4,28)29/h5-8,13-14,17-18,24,27H,9-12H2,1-4H3,(H,21,25)/t14-,17+,18+/m1/s1. The summed E-state index contributed by atoms with van der Waals surface area (Å²) in [6.45, 7) is 7.14. The Kier molecular flexibility index (Phi) is 7.84. The highest BCUT2D eigenvalue weighted by atomic mass is 32.2. The van der Waals surface area contributed by atoms with Gasteiger partial charge in [-0.15, -0.1) is 0 Å². The SMILES string of the molecule is CC(C)C[C@H](C(=O)N1CCN(c2ccc(S(C)(=O)=O)cc2)C[C@H]1C)[C@H](O)C(=O)NO. The maximum Gasteiger partial charge on any atom is 0.272 e. The summed E-state index contributed by atoms with van der Waals surface area (Å²) in [7, 11) is -3.26. The lowest BCUT2D eigenvalue weighted by Gasteiger charge is -2.42. The summed E-state index contributed by atoms with van der Waals surface area (Å²) in [5, 5.41) is 19.1. The number of aliphatic hydroxyl groups is 1. The Morgan fingerprint density at radius 2 is 1.80 bits per heavy atom. The molecule has 10 heteroatoms. The first-order valence-electron chi connectivity index (χ1n) is 9.93. The third-order valence-electron chi connectivity index (χ3n) is 5.34. The molecule has 1 aromatic carbocycles. The smallest absolute Gasteiger partial charge is 0.272 e. The van der Waals surface area contributed by atoms with Gasteiger partial charge in [0.25, 0.3) is 5.91 Å². The minimum atomic E-state index is -3.26. The van der Waals surface area contributed by atoms with Crippen LogP contribution in [0.5, 0.6) is 0 Å². The van der Waals surface area contributed by atoms with Gasteiger partial charge >= 0.3 is 0 Å². The molecule has 1 fully saturated rings. The van der Waals surface area contributed by atoms with Crippen molar-refractivity contribution in [3.05, 3.63) is 24.3 Å². The Morgan fingerprint density at radius 1 is 1.20 bits per heavy atom. The number of hydrogen-bond donors (Lipinski definition) is 3. The molecule has 1 aromatic rings. The van der Waals surface area contributed by atoms with Crippen LogP contribution in [0.25, 0.3) is 0 Å². The zero-order chi connectivity index (χ0) is 22.6. The number of sulfone groups is 1. The number of hydrogen-bond acceptors (Lipinski definition) is 7. The van der Waals surface area contributed by atoms with Gasteiger partial charge in [-0.3, -0.25) is 14.8 Å². The number of rotatable bonds is 7. The number of aliphatic hydroxyl groups excluding tert-OH is 1. The molecule has 1 heterocycles. The van der Waals surface area contributed by atoms with Gasteiger partial charge < -0.3 is 14.9 Å². The molecule has 2 rings (SSSR count). The number of carbonyl (C=O) groups is 2. The summed E-state index contributed by atoms with van der Waals surface area (Å²) in [4.78, 5) is 28.8. The maximum atomic E-state index is 13.1. The first-order chi connectivity index (χ1) is 14.0. The zero-order valence-electron chi connectivity index (χ0n) is 17.8. The van der Waals surface area contributed by atoms with Crippen LogP contribution in [0.2, 0.25) is 0 Å². The number of carbonyl (C=O) groups excluding carboxylic acids is 2. The van der Waals surface area contributed by atoms with E-state index in [1.165, 1.54) is 5.48 Å². The van der Waals surface area contributed by atoms with Crippen LogP contribution in [0, 0.1) is 11.8 Å². The van der Waals surface area contributed by atoms with Crippen LogP contribution >= 0.6 is 0 Å². The second-order valence-electron chi connectivity index (χ2n) is 8.25. The number of hydroxylamine groups is 1. The summed E-state index contributed by atoms with van der Waals surface area (Å²) in [5.74, 6) is -2.18. The summed E-state index contributed by atoms with van der Waals surface area (Å²) >= 11 is 0. The van der Waals surface area contributed by atoms with Crippen molar-refractivity contribution in [2.75, 3.05) is 30.8 Å². The van der Waals surface area contributed by atoms with Crippen molar-refractivity contribution < 1.29 is 28.3 Å². The number of anilines is 1. The highest BCUT2D eigenvalue weighted by Crippen LogP contribution is 2.25. The molecule has 0 unspecified atom stereocenters. The fourth-order valence-corrected chi connectivity index (χ4v) is 4.39. The van der Waals surface area contributed by atoms with E-state index in [2.05, 4.69) is 4.90 Å². The van der Waals surface area contributed by atoms with Crippen molar-refractivity contribution in [3.63, 3.8) is 0 Å². The molecule has 168 valence electrons. The normalized spacial score (nSPS) is 19.5. The van der Waals surface area contributed by atoms with Crippen LogP contribution in [0.4, 0.5) is 5.69 Å². The lowest BCUT2D eigenvalue weighted by molar-refractivity contribution is -0.152. The number of amides is 2. The molecule has 0 aromatic heterocycles. The maximum absolute atomic E-state index is 13.1. The van der Waals surface area contributed by atoms with E-state index in [9.17, 15) is 23.1 Å². The van der Waals surface area contributed by atoms with Crippen molar-refractivity contribution in [1.82, 2.24) is 10.4 Å². The molecule has 0 bridgehead atoms. The van der Waals surface area contributed by atoms with Gasteiger partial charge in [0.2, 0.25) is 5.91 Å². The van der Waals surface area contributed by atoms with E-state index in [1.54, 1.807) is 29.2 Å². The Morgan fingerprint density at radius 3 is 2.27 bits per heavy atom. The van der Waals surface area contributed by atoms with Crippen molar-refractivity contribution in [2.24, 2.45) is 11.8 Å². The van der Waals surface area contributed by atoms with Gasteiger partial charge in [0.05, 0.1) is 10.8 Å². The van der Waals surface area contributed by atoms with Gasteiger partial charge in [0, 0.05) is 37.6 Å². The molecule has 3 atom stereocenters. The largest absolute Gasteiger partial charge is 0.382 e. The van der Waals surface area contributed by atoms with Crippen LogP contribution in [0.3, 0.4) is 0 Å². The number of nitrogens with zero attached hydrogens (tertiary/aromatic N) is 2. The van der Waals surface area contributed by atoms with Gasteiger partial charge in [-0.2, -0.15) is 0 Å². The first-order valence-corrected chi connectivity index (χ1v) is 11.8. The lowest BCUT2D eigenvalue weighted by atomic mass is 9.89. The minimum Gasteiger partial charge on any atom is -0.382 e. The van der Waals surface area contributed by atoms with E-state index in [1.807, 2.05) is 20.8 Å². The molecule has 1 saturated heterocycles. The number of piperazine rings is 1. The third kappa shape index (κ3) is 5.71.